The first-order chi connectivity index (χ1) is 6.93. The number of benzene rings is 1. The highest BCUT2D eigenvalue weighted by atomic mass is 16.3. The molecule has 1 aromatic rings. The summed E-state index contributed by atoms with van der Waals surface area (Å²) in [7, 11) is 0. The molecule has 1 aromatic carbocycles. The minimum Gasteiger partial charge on any atom is -0.390 e. The first-order valence-electron chi connectivity index (χ1n) is 5.36. The van der Waals surface area contributed by atoms with Crippen LogP contribution >= 0.6 is 0 Å². The second-order valence-electron chi connectivity index (χ2n) is 4.52. The quantitative estimate of drug-likeness (QED) is 0.800. The Bertz CT molecular complexity index is 331. The Balaban J connectivity index is 2.91. The van der Waals surface area contributed by atoms with Crippen LogP contribution in [0.5, 0.6) is 0 Å². The van der Waals surface area contributed by atoms with Crippen LogP contribution in [0.25, 0.3) is 0 Å². The van der Waals surface area contributed by atoms with E-state index in [2.05, 4.69) is 0 Å². The highest BCUT2D eigenvalue weighted by Gasteiger charge is 2.21. The van der Waals surface area contributed by atoms with Gasteiger partial charge in [0.15, 0.2) is 0 Å². The number of aliphatic hydroxyl groups excluding tert-OH is 2. The van der Waals surface area contributed by atoms with E-state index < -0.39 is 12.2 Å². The molecule has 0 bridgehead atoms. The van der Waals surface area contributed by atoms with Crippen LogP contribution in [-0.2, 0) is 0 Å². The lowest BCUT2D eigenvalue weighted by Crippen LogP contribution is -2.24. The lowest BCUT2D eigenvalue weighted by Gasteiger charge is -2.21. The number of hydrogen-bond donors (Lipinski definition) is 2. The molecule has 2 atom stereocenters. The van der Waals surface area contributed by atoms with Crippen molar-refractivity contribution >= 4 is 0 Å². The molecule has 0 radical (unpaired) electrons. The van der Waals surface area contributed by atoms with Gasteiger partial charge < -0.3 is 10.2 Å². The van der Waals surface area contributed by atoms with E-state index in [4.69, 9.17) is 0 Å². The van der Waals surface area contributed by atoms with E-state index in [1.165, 1.54) is 5.56 Å². The topological polar surface area (TPSA) is 40.5 Å². The zero-order chi connectivity index (χ0) is 11.6. The third-order valence-corrected chi connectivity index (χ3v) is 2.88. The predicted octanol–water partition coefficient (Wildman–Crippen LogP) is 2.35. The SMILES string of the molecule is Cc1ccc(C(O)C(O)C(C)C)cc1C. The van der Waals surface area contributed by atoms with Crippen molar-refractivity contribution in [3.63, 3.8) is 0 Å². The Morgan fingerprint density at radius 1 is 1.00 bits per heavy atom. The van der Waals surface area contributed by atoms with Crippen LogP contribution in [0.2, 0.25) is 0 Å². The first-order valence-corrected chi connectivity index (χ1v) is 5.36. The van der Waals surface area contributed by atoms with Crippen molar-refractivity contribution in [1.82, 2.24) is 0 Å². The van der Waals surface area contributed by atoms with Crippen LogP contribution in [0.4, 0.5) is 0 Å². The first kappa shape index (κ1) is 12.2. The van der Waals surface area contributed by atoms with E-state index >= 15 is 0 Å². The average Bonchev–Trinajstić information content (AvgIpc) is 2.19. The number of aliphatic hydroxyl groups is 2. The fraction of sp³-hybridized carbons (Fsp3) is 0.538. The largest absolute Gasteiger partial charge is 0.390 e. The highest BCUT2D eigenvalue weighted by molar-refractivity contribution is 5.31. The molecule has 1 rings (SSSR count). The molecule has 2 unspecified atom stereocenters. The molecule has 2 nitrogen and oxygen atoms in total. The molecule has 0 amide bonds. The van der Waals surface area contributed by atoms with Gasteiger partial charge in [-0.15, -0.1) is 0 Å². The van der Waals surface area contributed by atoms with Crippen LogP contribution in [-0.4, -0.2) is 16.3 Å². The number of aryl methyl sites for hydroxylation is 2. The third kappa shape index (κ3) is 2.80. The van der Waals surface area contributed by atoms with Gasteiger partial charge in [0, 0.05) is 0 Å². The average molecular weight is 208 g/mol. The van der Waals surface area contributed by atoms with Gasteiger partial charge in [0.25, 0.3) is 0 Å². The van der Waals surface area contributed by atoms with Gasteiger partial charge in [-0.05, 0) is 36.5 Å². The Hall–Kier alpha value is -0.860. The molecule has 2 N–H and O–H groups in total. The molecular weight excluding hydrogens is 188 g/mol. The van der Waals surface area contributed by atoms with Crippen LogP contribution in [0.1, 0.15) is 36.6 Å². The predicted molar refractivity (Wildman–Crippen MR) is 61.7 cm³/mol. The van der Waals surface area contributed by atoms with Crippen molar-refractivity contribution in [2.45, 2.75) is 39.9 Å². The van der Waals surface area contributed by atoms with Gasteiger partial charge in [0.2, 0.25) is 0 Å². The fourth-order valence-corrected chi connectivity index (χ4v) is 1.51. The molecule has 0 aromatic heterocycles. The molecule has 0 aliphatic carbocycles. The van der Waals surface area contributed by atoms with Gasteiger partial charge in [-0.1, -0.05) is 32.0 Å². The molecular formula is C13H20O2. The third-order valence-electron chi connectivity index (χ3n) is 2.88. The van der Waals surface area contributed by atoms with Crippen molar-refractivity contribution in [2.75, 3.05) is 0 Å². The summed E-state index contributed by atoms with van der Waals surface area (Å²) < 4.78 is 0. The molecule has 0 saturated heterocycles. The monoisotopic (exact) mass is 208 g/mol. The smallest absolute Gasteiger partial charge is 0.105 e. The molecule has 2 heteroatoms. The van der Waals surface area contributed by atoms with Gasteiger partial charge >= 0.3 is 0 Å². The Kier molecular flexibility index (Phi) is 3.89. The molecule has 84 valence electrons. The standard InChI is InChI=1S/C13H20O2/c1-8(2)12(14)13(15)11-6-5-9(3)10(4)7-11/h5-8,12-15H,1-4H3. The van der Waals surface area contributed by atoms with Crippen molar-refractivity contribution in [3.05, 3.63) is 34.9 Å². The van der Waals surface area contributed by atoms with Gasteiger partial charge in [-0.2, -0.15) is 0 Å². The van der Waals surface area contributed by atoms with Gasteiger partial charge in [0.1, 0.15) is 6.10 Å². The van der Waals surface area contributed by atoms with E-state index in [9.17, 15) is 10.2 Å². The van der Waals surface area contributed by atoms with Crippen molar-refractivity contribution in [1.29, 1.82) is 0 Å². The number of hydrogen-bond acceptors (Lipinski definition) is 2. The van der Waals surface area contributed by atoms with Crippen LogP contribution < -0.4 is 0 Å². The lowest BCUT2D eigenvalue weighted by molar-refractivity contribution is -0.00942. The van der Waals surface area contributed by atoms with Gasteiger partial charge in [0.05, 0.1) is 6.10 Å². The molecule has 0 spiro atoms. The summed E-state index contributed by atoms with van der Waals surface area (Å²) in [4.78, 5) is 0. The zero-order valence-corrected chi connectivity index (χ0v) is 9.86. The van der Waals surface area contributed by atoms with E-state index in [1.807, 2.05) is 45.9 Å². The highest BCUT2D eigenvalue weighted by Crippen LogP contribution is 2.23. The summed E-state index contributed by atoms with van der Waals surface area (Å²) in [6, 6.07) is 5.78. The lowest BCUT2D eigenvalue weighted by atomic mass is 9.94. The van der Waals surface area contributed by atoms with E-state index in [0.717, 1.165) is 11.1 Å². The summed E-state index contributed by atoms with van der Waals surface area (Å²) in [5, 5.41) is 19.7. The zero-order valence-electron chi connectivity index (χ0n) is 9.86. The molecule has 0 saturated carbocycles. The number of rotatable bonds is 3. The minimum absolute atomic E-state index is 0.0570. The molecule has 0 aliphatic heterocycles. The van der Waals surface area contributed by atoms with Gasteiger partial charge in [-0.25, -0.2) is 0 Å². The molecule has 0 aliphatic rings. The molecule has 0 heterocycles. The van der Waals surface area contributed by atoms with Crippen molar-refractivity contribution < 1.29 is 10.2 Å². The molecule has 15 heavy (non-hydrogen) atoms. The van der Waals surface area contributed by atoms with E-state index in [-0.39, 0.29) is 5.92 Å². The maximum Gasteiger partial charge on any atom is 0.105 e. The van der Waals surface area contributed by atoms with Crippen molar-refractivity contribution in [3.8, 4) is 0 Å². The van der Waals surface area contributed by atoms with E-state index in [0.29, 0.717) is 0 Å². The normalized spacial score (nSPS) is 15.4. The summed E-state index contributed by atoms with van der Waals surface area (Å²) in [6.07, 6.45) is -1.49. The van der Waals surface area contributed by atoms with Crippen LogP contribution in [0.15, 0.2) is 18.2 Å². The fourth-order valence-electron chi connectivity index (χ4n) is 1.51. The Labute approximate surface area is 91.6 Å². The second kappa shape index (κ2) is 4.77. The van der Waals surface area contributed by atoms with Crippen LogP contribution in [0, 0.1) is 19.8 Å². The Morgan fingerprint density at radius 3 is 2.07 bits per heavy atom. The summed E-state index contributed by atoms with van der Waals surface area (Å²) in [5.74, 6) is 0.0570. The Morgan fingerprint density at radius 2 is 1.60 bits per heavy atom. The van der Waals surface area contributed by atoms with Crippen LogP contribution in [0.3, 0.4) is 0 Å². The second-order valence-corrected chi connectivity index (χ2v) is 4.52. The van der Waals surface area contributed by atoms with Gasteiger partial charge in [-0.3, -0.25) is 0 Å². The summed E-state index contributed by atoms with van der Waals surface area (Å²) in [5.41, 5.74) is 3.13. The maximum atomic E-state index is 9.92. The summed E-state index contributed by atoms with van der Waals surface area (Å²) >= 11 is 0. The molecule has 0 fully saturated rings. The summed E-state index contributed by atoms with van der Waals surface area (Å²) in [6.45, 7) is 7.83. The van der Waals surface area contributed by atoms with E-state index in [1.54, 1.807) is 0 Å². The maximum absolute atomic E-state index is 9.92. The minimum atomic E-state index is -0.788. The van der Waals surface area contributed by atoms with Crippen molar-refractivity contribution in [2.24, 2.45) is 5.92 Å².